The zero-order valence-electron chi connectivity index (χ0n) is 12.1. The van der Waals surface area contributed by atoms with E-state index in [9.17, 15) is 9.59 Å². The molecule has 7 heteroatoms. The lowest BCUT2D eigenvalue weighted by atomic mass is 9.94. The summed E-state index contributed by atoms with van der Waals surface area (Å²) in [4.78, 5) is 28.3. The molecule has 3 heterocycles. The van der Waals surface area contributed by atoms with Crippen LogP contribution in [0.1, 0.15) is 29.8 Å². The second kappa shape index (κ2) is 5.48. The van der Waals surface area contributed by atoms with Crippen LogP contribution in [0.3, 0.4) is 0 Å². The third kappa shape index (κ3) is 2.53. The van der Waals surface area contributed by atoms with Gasteiger partial charge in [-0.15, -0.1) is 0 Å². The maximum atomic E-state index is 12.6. The van der Waals surface area contributed by atoms with Gasteiger partial charge in [0.1, 0.15) is 0 Å². The van der Waals surface area contributed by atoms with E-state index in [0.29, 0.717) is 19.6 Å². The average molecular weight is 293 g/mol. The van der Waals surface area contributed by atoms with Gasteiger partial charge < -0.3 is 19.1 Å². The molecule has 7 nitrogen and oxygen atoms in total. The van der Waals surface area contributed by atoms with E-state index in [1.54, 1.807) is 16.8 Å². The van der Waals surface area contributed by atoms with E-state index in [1.807, 2.05) is 0 Å². The fraction of sp³-hybridized carbons (Fsp3) is 0.643. The van der Waals surface area contributed by atoms with Crippen LogP contribution in [0.5, 0.6) is 0 Å². The van der Waals surface area contributed by atoms with Gasteiger partial charge in [0.25, 0.3) is 11.8 Å². The average Bonchev–Trinajstić information content (AvgIpc) is 3.00. The van der Waals surface area contributed by atoms with Crippen LogP contribution in [0, 0.1) is 0 Å². The minimum Gasteiger partial charge on any atom is -0.361 e. The van der Waals surface area contributed by atoms with Crippen LogP contribution < -0.4 is 0 Å². The fourth-order valence-corrected chi connectivity index (χ4v) is 3.04. The molecule has 0 bridgehead atoms. The second-order valence-corrected chi connectivity index (χ2v) is 5.63. The molecular weight excluding hydrogens is 274 g/mol. The highest BCUT2D eigenvalue weighted by molar-refractivity contribution is 5.93. The van der Waals surface area contributed by atoms with Gasteiger partial charge in [-0.1, -0.05) is 5.16 Å². The number of likely N-dealkylation sites (tertiary alicyclic amines) is 1. The zero-order chi connectivity index (χ0) is 14.9. The lowest BCUT2D eigenvalue weighted by Gasteiger charge is -2.41. The molecule has 2 amide bonds. The minimum absolute atomic E-state index is 0.0323. The molecule has 0 aliphatic carbocycles. The largest absolute Gasteiger partial charge is 0.361 e. The smallest absolute Gasteiger partial charge is 0.292 e. The van der Waals surface area contributed by atoms with E-state index in [-0.39, 0.29) is 24.1 Å². The quantitative estimate of drug-likeness (QED) is 0.755. The lowest BCUT2D eigenvalue weighted by molar-refractivity contribution is -0.166. The van der Waals surface area contributed by atoms with Gasteiger partial charge in [-0.25, -0.2) is 0 Å². The monoisotopic (exact) mass is 293 g/mol. The number of ether oxygens (including phenoxy) is 1. The van der Waals surface area contributed by atoms with Crippen molar-refractivity contribution in [1.29, 1.82) is 0 Å². The molecule has 2 aliphatic heterocycles. The Morgan fingerprint density at radius 2 is 2.24 bits per heavy atom. The van der Waals surface area contributed by atoms with Crippen LogP contribution in [0.25, 0.3) is 0 Å². The molecule has 0 radical (unpaired) electrons. The third-order valence-electron chi connectivity index (χ3n) is 4.18. The molecule has 114 valence electrons. The Kier molecular flexibility index (Phi) is 3.67. The number of aromatic nitrogens is 1. The number of nitrogens with zero attached hydrogens (tertiary/aromatic N) is 3. The van der Waals surface area contributed by atoms with Gasteiger partial charge in [-0.05, 0) is 19.3 Å². The predicted molar refractivity (Wildman–Crippen MR) is 72.6 cm³/mol. The van der Waals surface area contributed by atoms with Gasteiger partial charge in [-0.3, -0.25) is 9.59 Å². The molecule has 0 saturated carbocycles. The van der Waals surface area contributed by atoms with Crippen molar-refractivity contribution in [3.05, 3.63) is 18.0 Å². The van der Waals surface area contributed by atoms with Gasteiger partial charge in [-0.2, -0.15) is 0 Å². The maximum Gasteiger partial charge on any atom is 0.292 e. The molecule has 1 aromatic rings. The first kappa shape index (κ1) is 14.1. The highest BCUT2D eigenvalue weighted by atomic mass is 16.5. The number of morpholine rings is 1. The van der Waals surface area contributed by atoms with Gasteiger partial charge in [0, 0.05) is 26.2 Å². The van der Waals surface area contributed by atoms with Gasteiger partial charge in [0.2, 0.25) is 5.76 Å². The Morgan fingerprint density at radius 1 is 1.38 bits per heavy atom. The number of hydrogen-bond donors (Lipinski definition) is 0. The standard InChI is InChI=1S/C14H19N3O4/c1-16-7-3-2-5-14(13(16)19)10-17(8-9-20-14)12(18)11-4-6-15-21-11/h4,6H,2-3,5,7-10H2,1H3. The highest BCUT2D eigenvalue weighted by Crippen LogP contribution is 2.29. The van der Waals surface area contributed by atoms with Crippen LogP contribution >= 0.6 is 0 Å². The van der Waals surface area contributed by atoms with Crippen molar-refractivity contribution in [1.82, 2.24) is 15.0 Å². The summed E-state index contributed by atoms with van der Waals surface area (Å²) in [7, 11) is 1.79. The zero-order valence-corrected chi connectivity index (χ0v) is 12.1. The van der Waals surface area contributed by atoms with E-state index in [1.165, 1.54) is 12.3 Å². The molecule has 21 heavy (non-hydrogen) atoms. The first-order valence-electron chi connectivity index (χ1n) is 7.22. The molecule has 2 aliphatic rings. The molecule has 0 aromatic carbocycles. The molecule has 1 atom stereocenters. The van der Waals surface area contributed by atoms with Crippen molar-refractivity contribution in [2.75, 3.05) is 33.3 Å². The number of rotatable bonds is 1. The van der Waals surface area contributed by atoms with Crippen molar-refractivity contribution in [3.63, 3.8) is 0 Å². The highest BCUT2D eigenvalue weighted by Gasteiger charge is 2.47. The van der Waals surface area contributed by atoms with Crippen molar-refractivity contribution in [2.24, 2.45) is 0 Å². The number of carbonyl (C=O) groups is 2. The van der Waals surface area contributed by atoms with Gasteiger partial charge >= 0.3 is 0 Å². The Labute approximate surface area is 122 Å². The Hall–Kier alpha value is -1.89. The minimum atomic E-state index is -0.904. The third-order valence-corrected chi connectivity index (χ3v) is 4.18. The maximum absolute atomic E-state index is 12.6. The summed E-state index contributed by atoms with van der Waals surface area (Å²) in [5, 5.41) is 3.56. The van der Waals surface area contributed by atoms with E-state index >= 15 is 0 Å². The number of carbonyl (C=O) groups excluding carboxylic acids is 2. The SMILES string of the molecule is CN1CCCCC2(CN(C(=O)c3ccno3)CCO2)C1=O. The van der Waals surface area contributed by atoms with E-state index < -0.39 is 5.60 Å². The number of amides is 2. The summed E-state index contributed by atoms with van der Waals surface area (Å²) in [6.45, 7) is 1.83. The van der Waals surface area contributed by atoms with Crippen LogP contribution in [0.4, 0.5) is 0 Å². The van der Waals surface area contributed by atoms with Crippen LogP contribution in [-0.2, 0) is 9.53 Å². The van der Waals surface area contributed by atoms with Crippen molar-refractivity contribution >= 4 is 11.8 Å². The number of likely N-dealkylation sites (N-methyl/N-ethyl adjacent to an activating group) is 1. The van der Waals surface area contributed by atoms with Gasteiger partial charge in [0.05, 0.1) is 19.3 Å². The molecule has 1 unspecified atom stereocenters. The molecule has 0 N–H and O–H groups in total. The Balaban J connectivity index is 1.81. The summed E-state index contributed by atoms with van der Waals surface area (Å²) >= 11 is 0. The van der Waals surface area contributed by atoms with Crippen molar-refractivity contribution < 1.29 is 18.8 Å². The topological polar surface area (TPSA) is 75.9 Å². The summed E-state index contributed by atoms with van der Waals surface area (Å²) in [6.07, 6.45) is 3.97. The second-order valence-electron chi connectivity index (χ2n) is 5.63. The van der Waals surface area contributed by atoms with Crippen molar-refractivity contribution in [3.8, 4) is 0 Å². The van der Waals surface area contributed by atoms with Crippen LogP contribution in [-0.4, -0.2) is 65.7 Å². The first-order valence-corrected chi connectivity index (χ1v) is 7.22. The van der Waals surface area contributed by atoms with Gasteiger partial charge in [0.15, 0.2) is 5.60 Å². The Morgan fingerprint density at radius 3 is 3.00 bits per heavy atom. The van der Waals surface area contributed by atoms with E-state index in [0.717, 1.165) is 19.4 Å². The normalized spacial score (nSPS) is 27.0. The predicted octanol–water partition coefficient (Wildman–Crippen LogP) is 0.528. The molecule has 3 rings (SSSR count). The molecular formula is C14H19N3O4. The summed E-state index contributed by atoms with van der Waals surface area (Å²) in [5.74, 6) is -0.0774. The van der Waals surface area contributed by atoms with E-state index in [4.69, 9.17) is 9.26 Å². The summed E-state index contributed by atoms with van der Waals surface area (Å²) in [6, 6.07) is 1.53. The summed E-state index contributed by atoms with van der Waals surface area (Å²) in [5.41, 5.74) is -0.904. The van der Waals surface area contributed by atoms with E-state index in [2.05, 4.69) is 5.16 Å². The summed E-state index contributed by atoms with van der Waals surface area (Å²) < 4.78 is 10.8. The first-order chi connectivity index (χ1) is 10.1. The van der Waals surface area contributed by atoms with Crippen LogP contribution in [0.15, 0.2) is 16.8 Å². The molecule has 1 spiro atoms. The lowest BCUT2D eigenvalue weighted by Crippen LogP contribution is -2.60. The van der Waals surface area contributed by atoms with Crippen molar-refractivity contribution in [2.45, 2.75) is 24.9 Å². The molecule has 2 saturated heterocycles. The fourth-order valence-electron chi connectivity index (χ4n) is 3.04. The molecule has 2 fully saturated rings. The van der Waals surface area contributed by atoms with Crippen LogP contribution in [0.2, 0.25) is 0 Å². The number of hydrogen-bond acceptors (Lipinski definition) is 5. The molecule has 1 aromatic heterocycles. The Bertz CT molecular complexity index is 530.